The van der Waals surface area contributed by atoms with E-state index in [1.165, 1.54) is 13.2 Å². The van der Waals surface area contributed by atoms with Crippen molar-refractivity contribution >= 4 is 33.0 Å². The lowest BCUT2D eigenvalue weighted by Gasteiger charge is -2.11. The molecule has 24 heavy (non-hydrogen) atoms. The van der Waals surface area contributed by atoms with Crippen LogP contribution in [-0.2, 0) is 9.84 Å². The van der Waals surface area contributed by atoms with Gasteiger partial charge in [-0.3, -0.25) is 4.79 Å². The first-order chi connectivity index (χ1) is 11.3. The van der Waals surface area contributed by atoms with Crippen LogP contribution in [0.1, 0.15) is 10.4 Å². The Balaban J connectivity index is 2.24. The molecule has 2 aromatic rings. The quantitative estimate of drug-likeness (QED) is 0.866. The maximum absolute atomic E-state index is 12.5. The van der Waals surface area contributed by atoms with E-state index in [-0.39, 0.29) is 5.56 Å². The lowest BCUT2D eigenvalue weighted by atomic mass is 10.2. The summed E-state index contributed by atoms with van der Waals surface area (Å²) < 4.78 is 52.7. The van der Waals surface area contributed by atoms with Crippen LogP contribution in [0, 0.1) is 0 Å². The molecule has 0 saturated heterocycles. The van der Waals surface area contributed by atoms with Crippen molar-refractivity contribution in [3.63, 3.8) is 0 Å². The molecule has 0 radical (unpaired) electrons. The summed E-state index contributed by atoms with van der Waals surface area (Å²) in [6, 6.07) is 8.81. The molecule has 2 rings (SSSR count). The minimum Gasteiger partial charge on any atom is -0.495 e. The van der Waals surface area contributed by atoms with Gasteiger partial charge in [-0.1, -0.05) is 11.6 Å². The van der Waals surface area contributed by atoms with Gasteiger partial charge in [-0.05, 0) is 42.5 Å². The second-order valence-electron chi connectivity index (χ2n) is 4.63. The van der Waals surface area contributed by atoms with Crippen molar-refractivity contribution in [1.29, 1.82) is 0 Å². The van der Waals surface area contributed by atoms with Crippen molar-refractivity contribution < 1.29 is 26.7 Å². The van der Waals surface area contributed by atoms with Crippen LogP contribution < -0.4 is 10.1 Å². The number of anilines is 1. The summed E-state index contributed by atoms with van der Waals surface area (Å²) in [5.41, 5.74) is 0.407. The molecule has 0 aliphatic heterocycles. The number of carbonyl (C=O) groups excluding carboxylic acids is 1. The molecule has 1 N–H and O–H groups in total. The molecule has 0 fully saturated rings. The number of hydrogen-bond donors (Lipinski definition) is 1. The summed E-state index contributed by atoms with van der Waals surface area (Å²) in [6.07, 6.45) is 0. The first kappa shape index (κ1) is 18.2. The molecule has 128 valence electrons. The van der Waals surface area contributed by atoms with Gasteiger partial charge in [-0.15, -0.1) is 0 Å². The van der Waals surface area contributed by atoms with E-state index in [1.54, 1.807) is 12.1 Å². The summed E-state index contributed by atoms with van der Waals surface area (Å²) in [4.78, 5) is 11.6. The Morgan fingerprint density at radius 3 is 2.33 bits per heavy atom. The van der Waals surface area contributed by atoms with Gasteiger partial charge in [0.1, 0.15) is 5.75 Å². The number of amides is 1. The third-order valence-corrected chi connectivity index (χ3v) is 4.72. The summed E-state index contributed by atoms with van der Waals surface area (Å²) in [6.45, 7) is 0. The molecule has 5 nitrogen and oxygen atoms in total. The molecule has 9 heteroatoms. The van der Waals surface area contributed by atoms with E-state index in [0.29, 0.717) is 16.5 Å². The molecular weight excluding hydrogens is 364 g/mol. The van der Waals surface area contributed by atoms with Crippen molar-refractivity contribution in [3.05, 3.63) is 53.1 Å². The number of alkyl halides is 2. The van der Waals surface area contributed by atoms with Gasteiger partial charge in [0.15, 0.2) is 0 Å². The van der Waals surface area contributed by atoms with Crippen LogP contribution in [0.3, 0.4) is 0 Å². The third kappa shape index (κ3) is 3.82. The number of rotatable bonds is 5. The zero-order valence-corrected chi connectivity index (χ0v) is 13.9. The van der Waals surface area contributed by atoms with E-state index in [9.17, 15) is 22.0 Å². The number of benzene rings is 2. The third-order valence-electron chi connectivity index (χ3n) is 3.09. The number of carbonyl (C=O) groups is 1. The highest BCUT2D eigenvalue weighted by Crippen LogP contribution is 2.28. The predicted octanol–water partition coefficient (Wildman–Crippen LogP) is 3.60. The molecule has 1 amide bonds. The van der Waals surface area contributed by atoms with Crippen molar-refractivity contribution in [2.24, 2.45) is 0 Å². The molecule has 0 atom stereocenters. The van der Waals surface area contributed by atoms with Crippen LogP contribution in [0.25, 0.3) is 0 Å². The van der Waals surface area contributed by atoms with Crippen LogP contribution in [0.5, 0.6) is 5.75 Å². The van der Waals surface area contributed by atoms with Crippen LogP contribution >= 0.6 is 11.6 Å². The maximum atomic E-state index is 12.5. The summed E-state index contributed by atoms with van der Waals surface area (Å²) in [7, 11) is -3.28. The number of hydrogen-bond acceptors (Lipinski definition) is 4. The Morgan fingerprint density at radius 1 is 1.17 bits per heavy atom. The standard InChI is InChI=1S/C15H12ClF2NO4S/c1-23-13-7-4-10(16)8-12(13)19-14(20)9-2-5-11(6-3-9)24(21,22)15(17)18/h2-8,15H,1H3,(H,19,20). The Morgan fingerprint density at radius 2 is 1.79 bits per heavy atom. The minimum absolute atomic E-state index is 0.0882. The van der Waals surface area contributed by atoms with Crippen LogP contribution in [0.4, 0.5) is 14.5 Å². The van der Waals surface area contributed by atoms with Gasteiger partial charge >= 0.3 is 5.76 Å². The highest BCUT2D eigenvalue weighted by atomic mass is 35.5. The second-order valence-corrected chi connectivity index (χ2v) is 6.98. The van der Waals surface area contributed by atoms with Crippen LogP contribution in [-0.4, -0.2) is 27.2 Å². The number of ether oxygens (including phenoxy) is 1. The summed E-state index contributed by atoms with van der Waals surface area (Å²) in [5, 5.41) is 2.93. The zero-order valence-electron chi connectivity index (χ0n) is 12.3. The first-order valence-corrected chi connectivity index (χ1v) is 8.45. The Labute approximate surface area is 142 Å². The van der Waals surface area contributed by atoms with E-state index in [4.69, 9.17) is 16.3 Å². The number of halogens is 3. The lowest BCUT2D eigenvalue weighted by Crippen LogP contribution is -2.14. The molecule has 0 saturated carbocycles. The highest BCUT2D eigenvalue weighted by molar-refractivity contribution is 7.91. The van der Waals surface area contributed by atoms with Crippen molar-refractivity contribution in [2.45, 2.75) is 10.7 Å². The Kier molecular flexibility index (Phi) is 5.40. The van der Waals surface area contributed by atoms with Crippen molar-refractivity contribution in [3.8, 4) is 5.75 Å². The van der Waals surface area contributed by atoms with Gasteiger partial charge in [0.2, 0.25) is 9.84 Å². The SMILES string of the molecule is COc1ccc(Cl)cc1NC(=O)c1ccc(S(=O)(=O)C(F)F)cc1. The summed E-state index contributed by atoms with van der Waals surface area (Å²) in [5.74, 6) is -3.71. The average molecular weight is 376 g/mol. The first-order valence-electron chi connectivity index (χ1n) is 6.52. The second kappa shape index (κ2) is 7.14. The largest absolute Gasteiger partial charge is 0.495 e. The maximum Gasteiger partial charge on any atom is 0.341 e. The van der Waals surface area contributed by atoms with E-state index < -0.39 is 26.4 Å². The van der Waals surface area contributed by atoms with Crippen LogP contribution in [0.2, 0.25) is 5.02 Å². The molecule has 0 bridgehead atoms. The lowest BCUT2D eigenvalue weighted by molar-refractivity contribution is 0.102. The molecule has 0 aliphatic rings. The molecule has 0 aliphatic carbocycles. The molecule has 0 unspecified atom stereocenters. The molecule has 0 aromatic heterocycles. The molecule has 0 spiro atoms. The van der Waals surface area contributed by atoms with Crippen molar-refractivity contribution in [1.82, 2.24) is 0 Å². The van der Waals surface area contributed by atoms with E-state index in [2.05, 4.69) is 5.32 Å². The topological polar surface area (TPSA) is 72.5 Å². The fourth-order valence-electron chi connectivity index (χ4n) is 1.87. The van der Waals surface area contributed by atoms with Gasteiger partial charge in [0.05, 0.1) is 17.7 Å². The molecular formula is C15H12ClF2NO4S. The zero-order chi connectivity index (χ0) is 17.9. The summed E-state index contributed by atoms with van der Waals surface area (Å²) >= 11 is 5.86. The Hall–Kier alpha value is -2.19. The van der Waals surface area contributed by atoms with E-state index in [0.717, 1.165) is 24.3 Å². The molecule has 0 heterocycles. The predicted molar refractivity (Wildman–Crippen MR) is 85.6 cm³/mol. The number of sulfone groups is 1. The van der Waals surface area contributed by atoms with E-state index in [1.807, 2.05) is 0 Å². The van der Waals surface area contributed by atoms with Crippen LogP contribution in [0.15, 0.2) is 47.4 Å². The minimum atomic E-state index is -4.70. The number of methoxy groups -OCH3 is 1. The van der Waals surface area contributed by atoms with Gasteiger partial charge < -0.3 is 10.1 Å². The van der Waals surface area contributed by atoms with Crippen molar-refractivity contribution in [2.75, 3.05) is 12.4 Å². The monoisotopic (exact) mass is 375 g/mol. The van der Waals surface area contributed by atoms with Gasteiger partial charge in [-0.25, -0.2) is 8.42 Å². The smallest absolute Gasteiger partial charge is 0.341 e. The normalized spacial score (nSPS) is 11.4. The Bertz CT molecular complexity index is 854. The van der Waals surface area contributed by atoms with E-state index >= 15 is 0 Å². The van der Waals surface area contributed by atoms with Gasteiger partial charge in [0.25, 0.3) is 5.91 Å². The average Bonchev–Trinajstić information content (AvgIpc) is 2.55. The molecule has 2 aromatic carbocycles. The number of nitrogens with one attached hydrogen (secondary N) is 1. The highest BCUT2D eigenvalue weighted by Gasteiger charge is 2.26. The van der Waals surface area contributed by atoms with Gasteiger partial charge in [0, 0.05) is 10.6 Å². The fourth-order valence-corrected chi connectivity index (χ4v) is 2.76. The van der Waals surface area contributed by atoms with Gasteiger partial charge in [-0.2, -0.15) is 8.78 Å². The fraction of sp³-hybridized carbons (Fsp3) is 0.133.